The van der Waals surface area contributed by atoms with Crippen molar-refractivity contribution >= 4 is 44.2 Å². The Labute approximate surface area is 128 Å². The molecular formula is C12H21IO5S. The molecule has 0 aliphatic rings. The largest absolute Gasteiger partial charge is 0.460 e. The summed E-state index contributed by atoms with van der Waals surface area (Å²) in [7, 11) is -3.29. The van der Waals surface area contributed by atoms with Crippen LogP contribution in [0.4, 0.5) is 0 Å². The maximum atomic E-state index is 11.6. The van der Waals surface area contributed by atoms with Gasteiger partial charge in [-0.25, -0.2) is 8.42 Å². The minimum absolute atomic E-state index is 0.0444. The smallest absolute Gasteiger partial charge is 0.307 e. The fourth-order valence-corrected chi connectivity index (χ4v) is 2.94. The molecule has 112 valence electrons. The molecule has 0 radical (unpaired) electrons. The predicted octanol–water partition coefficient (Wildman–Crippen LogP) is 1.92. The summed E-state index contributed by atoms with van der Waals surface area (Å²) in [4.78, 5) is 22.4. The lowest BCUT2D eigenvalue weighted by atomic mass is 10.2. The van der Waals surface area contributed by atoms with Crippen LogP contribution in [0.5, 0.6) is 0 Å². The van der Waals surface area contributed by atoms with Gasteiger partial charge < -0.3 is 4.74 Å². The molecule has 0 aromatic rings. The number of hydrogen-bond acceptors (Lipinski definition) is 5. The number of esters is 1. The van der Waals surface area contributed by atoms with Crippen LogP contribution < -0.4 is 0 Å². The lowest BCUT2D eigenvalue weighted by Gasteiger charge is -2.19. The normalized spacial score (nSPS) is 12.2. The Bertz CT molecular complexity index is 408. The van der Waals surface area contributed by atoms with Crippen molar-refractivity contribution in [2.24, 2.45) is 0 Å². The highest BCUT2D eigenvalue weighted by Gasteiger charge is 2.19. The van der Waals surface area contributed by atoms with E-state index in [4.69, 9.17) is 4.74 Å². The lowest BCUT2D eigenvalue weighted by Crippen LogP contribution is -2.25. The predicted molar refractivity (Wildman–Crippen MR) is 82.2 cm³/mol. The SMILES string of the molecule is CC(C)(C)OC(=O)CCS(=O)(=O)CCCC(=O)CI. The van der Waals surface area contributed by atoms with Crippen LogP contribution in [0.2, 0.25) is 0 Å². The third-order valence-electron chi connectivity index (χ3n) is 2.10. The Balaban J connectivity index is 4.04. The molecule has 0 bridgehead atoms. The van der Waals surface area contributed by atoms with Gasteiger partial charge in [0.1, 0.15) is 11.4 Å². The molecule has 19 heavy (non-hydrogen) atoms. The van der Waals surface area contributed by atoms with Crippen molar-refractivity contribution in [2.75, 3.05) is 15.9 Å². The van der Waals surface area contributed by atoms with Gasteiger partial charge in [0, 0.05) is 6.42 Å². The van der Waals surface area contributed by atoms with Gasteiger partial charge >= 0.3 is 5.97 Å². The minimum Gasteiger partial charge on any atom is -0.460 e. The number of alkyl halides is 1. The van der Waals surface area contributed by atoms with Crippen molar-refractivity contribution in [3.05, 3.63) is 0 Å². The molecule has 0 N–H and O–H groups in total. The number of ether oxygens (including phenoxy) is 1. The van der Waals surface area contributed by atoms with E-state index in [1.54, 1.807) is 20.8 Å². The zero-order valence-electron chi connectivity index (χ0n) is 11.6. The van der Waals surface area contributed by atoms with Crippen LogP contribution in [0.1, 0.15) is 40.0 Å². The Morgan fingerprint density at radius 1 is 1.11 bits per heavy atom. The van der Waals surface area contributed by atoms with Gasteiger partial charge in [0.05, 0.1) is 22.4 Å². The molecule has 0 aromatic heterocycles. The zero-order chi connectivity index (χ0) is 15.1. The number of halogens is 1. The average Bonchev–Trinajstić information content (AvgIpc) is 2.24. The first-order valence-corrected chi connectivity index (χ1v) is 9.40. The molecule has 0 heterocycles. The van der Waals surface area contributed by atoms with E-state index < -0.39 is 21.4 Å². The third kappa shape index (κ3) is 11.4. The van der Waals surface area contributed by atoms with Gasteiger partial charge in [-0.05, 0) is 27.2 Å². The second-order valence-electron chi connectivity index (χ2n) is 5.26. The number of sulfone groups is 1. The van der Waals surface area contributed by atoms with Gasteiger partial charge in [-0.2, -0.15) is 0 Å². The first kappa shape index (κ1) is 18.8. The van der Waals surface area contributed by atoms with E-state index in [2.05, 4.69) is 0 Å². The quantitative estimate of drug-likeness (QED) is 0.351. The Morgan fingerprint density at radius 3 is 2.16 bits per heavy atom. The van der Waals surface area contributed by atoms with Crippen LogP contribution in [0.3, 0.4) is 0 Å². The van der Waals surface area contributed by atoms with Crippen LogP contribution >= 0.6 is 22.6 Å². The number of carbonyl (C=O) groups excluding carboxylic acids is 2. The van der Waals surface area contributed by atoms with E-state index in [0.29, 0.717) is 10.8 Å². The molecule has 0 atom stereocenters. The van der Waals surface area contributed by atoms with Gasteiger partial charge in [0.25, 0.3) is 0 Å². The van der Waals surface area contributed by atoms with Crippen LogP contribution in [0.15, 0.2) is 0 Å². The molecule has 0 amide bonds. The summed E-state index contributed by atoms with van der Waals surface area (Å²) in [6.45, 7) is 5.19. The zero-order valence-corrected chi connectivity index (χ0v) is 14.5. The number of ketones is 1. The Kier molecular flexibility index (Phi) is 8.11. The molecular weight excluding hydrogens is 383 g/mol. The van der Waals surface area contributed by atoms with Gasteiger partial charge in [-0.1, -0.05) is 22.6 Å². The van der Waals surface area contributed by atoms with Gasteiger partial charge in [0.2, 0.25) is 0 Å². The van der Waals surface area contributed by atoms with Crippen molar-refractivity contribution < 1.29 is 22.7 Å². The number of carbonyl (C=O) groups is 2. The molecule has 0 aromatic carbocycles. The number of Topliss-reactive ketones (excluding diaryl/α,β-unsaturated/α-hetero) is 1. The van der Waals surface area contributed by atoms with E-state index in [0.717, 1.165) is 0 Å². The van der Waals surface area contributed by atoms with Crippen molar-refractivity contribution in [3.63, 3.8) is 0 Å². The van der Waals surface area contributed by atoms with Gasteiger partial charge in [0.15, 0.2) is 9.84 Å². The number of hydrogen-bond donors (Lipinski definition) is 0. The maximum absolute atomic E-state index is 11.6. The Morgan fingerprint density at radius 2 is 1.68 bits per heavy atom. The lowest BCUT2D eigenvalue weighted by molar-refractivity contribution is -0.154. The molecule has 0 spiro atoms. The van der Waals surface area contributed by atoms with Gasteiger partial charge in [-0.15, -0.1) is 0 Å². The van der Waals surface area contributed by atoms with Crippen LogP contribution in [-0.2, 0) is 24.2 Å². The molecule has 0 aliphatic heterocycles. The summed E-state index contributed by atoms with van der Waals surface area (Å²) in [5, 5.41) is 0. The maximum Gasteiger partial charge on any atom is 0.307 e. The average molecular weight is 404 g/mol. The highest BCUT2D eigenvalue weighted by Crippen LogP contribution is 2.09. The first-order valence-electron chi connectivity index (χ1n) is 6.06. The second kappa shape index (κ2) is 8.18. The van der Waals surface area contributed by atoms with Crippen LogP contribution in [0.25, 0.3) is 0 Å². The summed E-state index contributed by atoms with van der Waals surface area (Å²) in [6, 6.07) is 0. The molecule has 0 saturated carbocycles. The monoisotopic (exact) mass is 404 g/mol. The van der Waals surface area contributed by atoms with E-state index in [1.165, 1.54) is 0 Å². The van der Waals surface area contributed by atoms with Crippen molar-refractivity contribution in [1.82, 2.24) is 0 Å². The second-order valence-corrected chi connectivity index (χ2v) is 8.33. The molecule has 7 heteroatoms. The molecule has 0 fully saturated rings. The molecule has 0 rings (SSSR count). The molecule has 0 aliphatic carbocycles. The van der Waals surface area contributed by atoms with Crippen molar-refractivity contribution in [1.29, 1.82) is 0 Å². The third-order valence-corrected chi connectivity index (χ3v) is 4.68. The Hall–Kier alpha value is -0.180. The summed E-state index contributed by atoms with van der Waals surface area (Å²) < 4.78 is 28.7. The molecule has 5 nitrogen and oxygen atoms in total. The minimum atomic E-state index is -3.29. The molecule has 0 unspecified atom stereocenters. The summed E-state index contributed by atoms with van der Waals surface area (Å²) in [6.07, 6.45) is 0.451. The summed E-state index contributed by atoms with van der Waals surface area (Å²) in [5.74, 6) is -0.749. The first-order chi connectivity index (χ1) is 8.56. The fourth-order valence-electron chi connectivity index (χ4n) is 1.29. The van der Waals surface area contributed by atoms with Crippen molar-refractivity contribution in [3.8, 4) is 0 Å². The summed E-state index contributed by atoms with van der Waals surface area (Å²) in [5.41, 5.74) is -0.604. The van der Waals surface area contributed by atoms with E-state index in [9.17, 15) is 18.0 Å². The number of rotatable bonds is 8. The van der Waals surface area contributed by atoms with E-state index >= 15 is 0 Å². The topological polar surface area (TPSA) is 77.5 Å². The fraction of sp³-hybridized carbons (Fsp3) is 0.833. The highest BCUT2D eigenvalue weighted by atomic mass is 127. The van der Waals surface area contributed by atoms with Crippen LogP contribution in [0, 0.1) is 0 Å². The summed E-state index contributed by atoms with van der Waals surface area (Å²) >= 11 is 1.95. The highest BCUT2D eigenvalue weighted by molar-refractivity contribution is 14.1. The van der Waals surface area contributed by atoms with E-state index in [1.807, 2.05) is 22.6 Å². The van der Waals surface area contributed by atoms with Crippen LogP contribution in [-0.4, -0.2) is 41.7 Å². The van der Waals surface area contributed by atoms with Gasteiger partial charge in [-0.3, -0.25) is 9.59 Å². The van der Waals surface area contributed by atoms with Crippen molar-refractivity contribution in [2.45, 2.75) is 45.6 Å². The standard InChI is InChI=1S/C12H21IO5S/c1-12(2,3)18-11(15)6-8-19(16,17)7-4-5-10(14)9-13/h4-9H2,1-3H3. The molecule has 0 saturated heterocycles. The van der Waals surface area contributed by atoms with E-state index in [-0.39, 0.29) is 30.1 Å².